The van der Waals surface area contributed by atoms with E-state index in [0.29, 0.717) is 25.2 Å². The molecule has 2 amide bonds. The van der Waals surface area contributed by atoms with Gasteiger partial charge in [0.1, 0.15) is 11.9 Å². The van der Waals surface area contributed by atoms with Gasteiger partial charge in [-0.15, -0.1) is 11.3 Å². The number of hydrogen-bond acceptors (Lipinski definition) is 6. The zero-order valence-corrected chi connectivity index (χ0v) is 17.0. The van der Waals surface area contributed by atoms with Crippen LogP contribution in [0.25, 0.3) is 10.1 Å². The van der Waals surface area contributed by atoms with Gasteiger partial charge in [0.2, 0.25) is 11.8 Å². The molecule has 0 aliphatic carbocycles. The minimum atomic E-state index is -0.675. The van der Waals surface area contributed by atoms with E-state index in [4.69, 9.17) is 11.5 Å². The lowest BCUT2D eigenvalue weighted by Gasteiger charge is -2.17. The first-order chi connectivity index (χ1) is 13.9. The van der Waals surface area contributed by atoms with Gasteiger partial charge in [-0.3, -0.25) is 9.59 Å². The molecule has 6 N–H and O–H groups in total. The molecule has 2 aromatic heterocycles. The molecular weight excluding hydrogens is 386 g/mol. The van der Waals surface area contributed by atoms with Crippen LogP contribution in [0.15, 0.2) is 48.7 Å². The van der Waals surface area contributed by atoms with E-state index in [1.807, 2.05) is 42.5 Å². The fraction of sp³-hybridized carbons (Fsp3) is 0.286. The summed E-state index contributed by atoms with van der Waals surface area (Å²) >= 11 is 1.55. The number of rotatable bonds is 8. The summed E-state index contributed by atoms with van der Waals surface area (Å²) in [5, 5.41) is 6.40. The first-order valence-corrected chi connectivity index (χ1v) is 10.3. The number of aromatic nitrogens is 1. The number of carbonyl (C=O) groups excluding carboxylic acids is 2. The Bertz CT molecular complexity index is 989. The minimum absolute atomic E-state index is 0.267. The van der Waals surface area contributed by atoms with Gasteiger partial charge in [-0.1, -0.05) is 30.3 Å². The first-order valence-electron chi connectivity index (χ1n) is 9.44. The SMILES string of the molecule is C[C@H](NC(=O)[C@H](N)CCc1ccccc1)C(=O)NCc1cc2c(N)nccc2s1. The fourth-order valence-electron chi connectivity index (χ4n) is 2.93. The normalized spacial score (nSPS) is 13.0. The van der Waals surface area contributed by atoms with E-state index < -0.39 is 12.1 Å². The Morgan fingerprint density at radius 2 is 1.93 bits per heavy atom. The summed E-state index contributed by atoms with van der Waals surface area (Å²) in [6.07, 6.45) is 2.89. The number of fused-ring (bicyclic) bond motifs is 1. The van der Waals surface area contributed by atoms with Gasteiger partial charge >= 0.3 is 0 Å². The Morgan fingerprint density at radius 3 is 2.66 bits per heavy atom. The van der Waals surface area contributed by atoms with Gasteiger partial charge in [-0.2, -0.15) is 0 Å². The highest BCUT2D eigenvalue weighted by Gasteiger charge is 2.20. The van der Waals surface area contributed by atoms with E-state index in [0.717, 1.165) is 20.5 Å². The third-order valence-electron chi connectivity index (χ3n) is 4.64. The molecule has 0 radical (unpaired) electrons. The van der Waals surface area contributed by atoms with Crippen LogP contribution >= 0.6 is 11.3 Å². The maximum Gasteiger partial charge on any atom is 0.242 e. The molecule has 0 saturated heterocycles. The van der Waals surface area contributed by atoms with Crippen LogP contribution in [0.3, 0.4) is 0 Å². The highest BCUT2D eigenvalue weighted by atomic mass is 32.1. The number of nitrogens with one attached hydrogen (secondary N) is 2. The lowest BCUT2D eigenvalue weighted by atomic mass is 10.1. The second-order valence-corrected chi connectivity index (χ2v) is 8.07. The zero-order valence-electron chi connectivity index (χ0n) is 16.2. The van der Waals surface area contributed by atoms with Crippen molar-refractivity contribution in [3.05, 3.63) is 59.1 Å². The van der Waals surface area contributed by atoms with Crippen LogP contribution in [-0.4, -0.2) is 28.9 Å². The molecule has 0 unspecified atom stereocenters. The number of amides is 2. The molecule has 0 aliphatic heterocycles. The summed E-state index contributed by atoms with van der Waals surface area (Å²) < 4.78 is 1.02. The van der Waals surface area contributed by atoms with Crippen molar-refractivity contribution in [2.24, 2.45) is 5.73 Å². The molecule has 0 aliphatic rings. The maximum atomic E-state index is 12.3. The molecule has 3 rings (SSSR count). The van der Waals surface area contributed by atoms with Crippen LogP contribution < -0.4 is 22.1 Å². The number of hydrogen-bond donors (Lipinski definition) is 4. The predicted octanol–water partition coefficient (Wildman–Crippen LogP) is 1.96. The predicted molar refractivity (Wildman–Crippen MR) is 116 cm³/mol. The summed E-state index contributed by atoms with van der Waals surface area (Å²) in [6.45, 7) is 2.00. The van der Waals surface area contributed by atoms with Crippen LogP contribution in [0.2, 0.25) is 0 Å². The quantitative estimate of drug-likeness (QED) is 0.451. The molecular formula is C21H25N5O2S. The Hall–Kier alpha value is -2.97. The van der Waals surface area contributed by atoms with Crippen molar-refractivity contribution in [3.8, 4) is 0 Å². The van der Waals surface area contributed by atoms with Gasteiger partial charge in [-0.25, -0.2) is 4.98 Å². The second-order valence-electron chi connectivity index (χ2n) is 6.90. The topological polar surface area (TPSA) is 123 Å². The molecule has 2 atom stereocenters. The number of benzene rings is 1. The average molecular weight is 412 g/mol. The molecule has 0 fully saturated rings. The molecule has 1 aromatic carbocycles. The average Bonchev–Trinajstić information content (AvgIpc) is 3.15. The number of nitrogens with zero attached hydrogens (tertiary/aromatic N) is 1. The van der Waals surface area contributed by atoms with Crippen LogP contribution in [-0.2, 0) is 22.6 Å². The van der Waals surface area contributed by atoms with E-state index >= 15 is 0 Å². The van der Waals surface area contributed by atoms with E-state index in [1.165, 1.54) is 0 Å². The highest BCUT2D eigenvalue weighted by Crippen LogP contribution is 2.28. The smallest absolute Gasteiger partial charge is 0.242 e. The first kappa shape index (κ1) is 20.8. The number of aryl methyl sites for hydroxylation is 1. The third kappa shape index (κ3) is 5.52. The van der Waals surface area contributed by atoms with Gasteiger partial charge < -0.3 is 22.1 Å². The Kier molecular flexibility index (Phi) is 6.79. The molecule has 0 saturated carbocycles. The van der Waals surface area contributed by atoms with Crippen molar-refractivity contribution >= 4 is 39.1 Å². The minimum Gasteiger partial charge on any atom is -0.383 e. The molecule has 2 heterocycles. The summed E-state index contributed by atoms with van der Waals surface area (Å²) in [5.41, 5.74) is 13.0. The Labute approximate surface area is 173 Å². The number of carbonyl (C=O) groups is 2. The lowest BCUT2D eigenvalue weighted by Crippen LogP contribution is -2.50. The number of nitrogen functional groups attached to an aromatic ring is 1. The lowest BCUT2D eigenvalue weighted by molar-refractivity contribution is -0.129. The van der Waals surface area contributed by atoms with Gasteiger partial charge in [0.25, 0.3) is 0 Å². The van der Waals surface area contributed by atoms with Crippen molar-refractivity contribution in [3.63, 3.8) is 0 Å². The van der Waals surface area contributed by atoms with Crippen LogP contribution in [0.4, 0.5) is 5.82 Å². The molecule has 152 valence electrons. The Balaban J connectivity index is 1.46. The van der Waals surface area contributed by atoms with Gasteiger partial charge in [0, 0.05) is 21.2 Å². The highest BCUT2D eigenvalue weighted by molar-refractivity contribution is 7.19. The molecule has 8 heteroatoms. The molecule has 29 heavy (non-hydrogen) atoms. The van der Waals surface area contributed by atoms with Gasteiger partial charge in [0.15, 0.2) is 0 Å². The van der Waals surface area contributed by atoms with Crippen LogP contribution in [0, 0.1) is 0 Å². The monoisotopic (exact) mass is 411 g/mol. The van der Waals surface area contributed by atoms with Crippen LogP contribution in [0.1, 0.15) is 23.8 Å². The summed E-state index contributed by atoms with van der Waals surface area (Å²) in [5.74, 6) is -0.122. The van der Waals surface area contributed by atoms with Crippen molar-refractivity contribution in [1.29, 1.82) is 0 Å². The molecule has 3 aromatic rings. The van der Waals surface area contributed by atoms with E-state index in [1.54, 1.807) is 24.5 Å². The maximum absolute atomic E-state index is 12.3. The van der Waals surface area contributed by atoms with Gasteiger partial charge in [0.05, 0.1) is 12.6 Å². The fourth-order valence-corrected chi connectivity index (χ4v) is 3.94. The Morgan fingerprint density at radius 1 is 1.17 bits per heavy atom. The molecule has 0 spiro atoms. The standard InChI is InChI=1S/C21H25N5O2S/c1-13(26-21(28)17(22)8-7-14-5-3-2-4-6-14)20(27)25-12-15-11-16-18(29-15)9-10-24-19(16)23/h2-6,9-11,13,17H,7-8,12,22H2,1H3,(H2,23,24)(H,25,27)(H,26,28)/t13-,17+/m0/s1. The molecule has 0 bridgehead atoms. The molecule has 7 nitrogen and oxygen atoms in total. The number of anilines is 1. The van der Waals surface area contributed by atoms with Crippen molar-refractivity contribution < 1.29 is 9.59 Å². The van der Waals surface area contributed by atoms with Crippen molar-refractivity contribution in [2.45, 2.75) is 38.4 Å². The number of thiophene rings is 1. The van der Waals surface area contributed by atoms with E-state index in [2.05, 4.69) is 15.6 Å². The van der Waals surface area contributed by atoms with Crippen molar-refractivity contribution in [2.75, 3.05) is 5.73 Å². The zero-order chi connectivity index (χ0) is 20.8. The van der Waals surface area contributed by atoms with Crippen LogP contribution in [0.5, 0.6) is 0 Å². The van der Waals surface area contributed by atoms with E-state index in [-0.39, 0.29) is 11.8 Å². The summed E-state index contributed by atoms with van der Waals surface area (Å²) in [7, 11) is 0. The summed E-state index contributed by atoms with van der Waals surface area (Å²) in [4.78, 5) is 29.6. The largest absolute Gasteiger partial charge is 0.383 e. The van der Waals surface area contributed by atoms with E-state index in [9.17, 15) is 9.59 Å². The van der Waals surface area contributed by atoms with Gasteiger partial charge in [-0.05, 0) is 37.5 Å². The third-order valence-corrected chi connectivity index (χ3v) is 5.74. The number of nitrogens with two attached hydrogens (primary N) is 2. The summed E-state index contributed by atoms with van der Waals surface area (Å²) in [6, 6.07) is 12.3. The number of pyridine rings is 1. The van der Waals surface area contributed by atoms with Crippen molar-refractivity contribution in [1.82, 2.24) is 15.6 Å². The second kappa shape index (κ2) is 9.49.